The Balaban J connectivity index is 2.14. The minimum absolute atomic E-state index is 0.261. The summed E-state index contributed by atoms with van der Waals surface area (Å²) >= 11 is 3.53. The van der Waals surface area contributed by atoms with E-state index in [4.69, 9.17) is 0 Å². The lowest BCUT2D eigenvalue weighted by molar-refractivity contribution is 0.454. The number of fused-ring (bicyclic) bond motifs is 1. The Morgan fingerprint density at radius 3 is 2.68 bits per heavy atom. The van der Waals surface area contributed by atoms with Crippen LogP contribution in [0.3, 0.4) is 0 Å². The topological polar surface area (TPSA) is 49.7 Å². The number of phenols is 1. The normalized spacial score (nSPS) is 20.1. The number of phenolic OH excluding ortho intramolecular Hbond substituents is 1. The van der Waals surface area contributed by atoms with Crippen LogP contribution in [-0.4, -0.2) is 11.2 Å². The first-order valence-corrected chi connectivity index (χ1v) is 7.60. The standard InChI is InChI=1S/C15H16BrNO2/c16-13-11-5-3-1-2-4-10(11)8-12(14(13)19)15(6-7-15)17-9-18/h8,19H,1-7H2. The largest absolute Gasteiger partial charge is 0.506 e. The van der Waals surface area contributed by atoms with E-state index in [0.717, 1.165) is 35.7 Å². The molecule has 0 amide bonds. The summed E-state index contributed by atoms with van der Waals surface area (Å²) in [7, 11) is 0. The molecule has 19 heavy (non-hydrogen) atoms. The van der Waals surface area contributed by atoms with Crippen molar-refractivity contribution in [1.29, 1.82) is 0 Å². The molecule has 1 saturated carbocycles. The van der Waals surface area contributed by atoms with Gasteiger partial charge in [-0.25, -0.2) is 4.79 Å². The average Bonchev–Trinajstić information content (AvgIpc) is 3.18. The Morgan fingerprint density at radius 2 is 2.00 bits per heavy atom. The molecule has 0 heterocycles. The summed E-state index contributed by atoms with van der Waals surface area (Å²) in [5.74, 6) is 0.261. The number of isocyanates is 1. The number of benzene rings is 1. The molecule has 1 N–H and O–H groups in total. The molecule has 1 aromatic rings. The zero-order valence-corrected chi connectivity index (χ0v) is 12.3. The zero-order valence-electron chi connectivity index (χ0n) is 10.7. The van der Waals surface area contributed by atoms with E-state index < -0.39 is 5.54 Å². The van der Waals surface area contributed by atoms with Crippen LogP contribution in [-0.2, 0) is 23.2 Å². The van der Waals surface area contributed by atoms with Crippen LogP contribution in [0.5, 0.6) is 5.75 Å². The number of rotatable bonds is 2. The fourth-order valence-electron chi connectivity index (χ4n) is 3.02. The predicted molar refractivity (Wildman–Crippen MR) is 76.1 cm³/mol. The Kier molecular flexibility index (Phi) is 3.23. The van der Waals surface area contributed by atoms with Gasteiger partial charge in [0.2, 0.25) is 6.08 Å². The molecule has 100 valence electrons. The molecule has 1 aromatic carbocycles. The maximum Gasteiger partial charge on any atom is 0.235 e. The molecule has 0 radical (unpaired) electrons. The quantitative estimate of drug-likeness (QED) is 0.512. The van der Waals surface area contributed by atoms with Crippen LogP contribution in [0.25, 0.3) is 0 Å². The van der Waals surface area contributed by atoms with Gasteiger partial charge < -0.3 is 5.11 Å². The van der Waals surface area contributed by atoms with Crippen LogP contribution in [0.4, 0.5) is 0 Å². The number of nitrogens with zero attached hydrogens (tertiary/aromatic N) is 1. The summed E-state index contributed by atoms with van der Waals surface area (Å²) in [4.78, 5) is 14.5. The molecular formula is C15H16BrNO2. The zero-order chi connectivity index (χ0) is 13.5. The maximum absolute atomic E-state index is 10.6. The van der Waals surface area contributed by atoms with Gasteiger partial charge in [0.05, 0.1) is 4.47 Å². The number of halogens is 1. The van der Waals surface area contributed by atoms with Gasteiger partial charge in [-0.05, 0) is 71.6 Å². The highest BCUT2D eigenvalue weighted by Crippen LogP contribution is 2.54. The second-order valence-corrected chi connectivity index (χ2v) is 6.31. The molecule has 0 unspecified atom stereocenters. The van der Waals surface area contributed by atoms with Gasteiger partial charge in [-0.15, -0.1) is 0 Å². The molecule has 0 aromatic heterocycles. The van der Waals surface area contributed by atoms with E-state index in [9.17, 15) is 9.90 Å². The first kappa shape index (κ1) is 12.9. The second kappa shape index (κ2) is 4.77. The number of hydrogen-bond donors (Lipinski definition) is 1. The highest BCUT2D eigenvalue weighted by molar-refractivity contribution is 9.10. The Hall–Kier alpha value is -1.12. The average molecular weight is 322 g/mol. The molecule has 2 aliphatic carbocycles. The fraction of sp³-hybridized carbons (Fsp3) is 0.533. The van der Waals surface area contributed by atoms with Crippen LogP contribution >= 0.6 is 15.9 Å². The van der Waals surface area contributed by atoms with Crippen LogP contribution in [0.15, 0.2) is 15.5 Å². The first-order valence-electron chi connectivity index (χ1n) is 6.81. The second-order valence-electron chi connectivity index (χ2n) is 5.52. The molecule has 2 aliphatic rings. The molecule has 0 bridgehead atoms. The maximum atomic E-state index is 10.6. The van der Waals surface area contributed by atoms with Gasteiger partial charge in [-0.2, -0.15) is 4.99 Å². The van der Waals surface area contributed by atoms with Crippen molar-refractivity contribution in [1.82, 2.24) is 0 Å². The lowest BCUT2D eigenvalue weighted by atomic mass is 9.94. The molecule has 0 saturated heterocycles. The summed E-state index contributed by atoms with van der Waals surface area (Å²) in [5, 5.41) is 10.4. The van der Waals surface area contributed by atoms with Gasteiger partial charge in [0, 0.05) is 5.56 Å². The fourth-order valence-corrected chi connectivity index (χ4v) is 3.69. The van der Waals surface area contributed by atoms with E-state index in [1.807, 2.05) is 0 Å². The minimum atomic E-state index is -0.504. The van der Waals surface area contributed by atoms with E-state index in [-0.39, 0.29) is 5.75 Å². The summed E-state index contributed by atoms with van der Waals surface area (Å²) in [6.45, 7) is 0. The SMILES string of the molecule is O=C=NC1(c2cc3c(c(Br)c2O)CCCCC3)CC1. The van der Waals surface area contributed by atoms with Crippen molar-refractivity contribution in [2.75, 3.05) is 0 Å². The van der Waals surface area contributed by atoms with Crippen LogP contribution in [0.1, 0.15) is 48.8 Å². The van der Waals surface area contributed by atoms with Crippen molar-refractivity contribution in [3.63, 3.8) is 0 Å². The van der Waals surface area contributed by atoms with Crippen LogP contribution in [0.2, 0.25) is 0 Å². The van der Waals surface area contributed by atoms with E-state index >= 15 is 0 Å². The third-order valence-electron chi connectivity index (χ3n) is 4.29. The van der Waals surface area contributed by atoms with Crippen molar-refractivity contribution >= 4 is 22.0 Å². The summed E-state index contributed by atoms with van der Waals surface area (Å²) in [5.41, 5.74) is 2.81. The molecule has 0 atom stereocenters. The summed E-state index contributed by atoms with van der Waals surface area (Å²) < 4.78 is 0.800. The van der Waals surface area contributed by atoms with E-state index in [1.54, 1.807) is 6.08 Å². The molecule has 4 heteroatoms. The number of hydrogen-bond acceptors (Lipinski definition) is 3. The van der Waals surface area contributed by atoms with Crippen molar-refractivity contribution in [3.05, 3.63) is 27.2 Å². The van der Waals surface area contributed by atoms with Crippen LogP contribution < -0.4 is 0 Å². The van der Waals surface area contributed by atoms with E-state index in [0.29, 0.717) is 0 Å². The molecule has 0 spiro atoms. The summed E-state index contributed by atoms with van der Waals surface area (Å²) in [6.07, 6.45) is 8.94. The van der Waals surface area contributed by atoms with Crippen LogP contribution in [0, 0.1) is 0 Å². The Morgan fingerprint density at radius 1 is 1.26 bits per heavy atom. The van der Waals surface area contributed by atoms with Gasteiger partial charge in [0.1, 0.15) is 11.3 Å². The minimum Gasteiger partial charge on any atom is -0.506 e. The van der Waals surface area contributed by atoms with Gasteiger partial charge in [0.15, 0.2) is 0 Å². The third kappa shape index (κ3) is 2.13. The van der Waals surface area contributed by atoms with E-state index in [2.05, 4.69) is 27.0 Å². The van der Waals surface area contributed by atoms with Crippen molar-refractivity contribution in [2.24, 2.45) is 4.99 Å². The lowest BCUT2D eigenvalue weighted by Gasteiger charge is -2.17. The molecule has 3 nitrogen and oxygen atoms in total. The van der Waals surface area contributed by atoms with Gasteiger partial charge in [-0.1, -0.05) is 6.42 Å². The van der Waals surface area contributed by atoms with Gasteiger partial charge in [0.25, 0.3) is 0 Å². The molecular weight excluding hydrogens is 306 g/mol. The number of aromatic hydroxyl groups is 1. The predicted octanol–water partition coefficient (Wildman–Crippen LogP) is 3.75. The molecule has 1 fully saturated rings. The van der Waals surface area contributed by atoms with Crippen molar-refractivity contribution in [2.45, 2.75) is 50.5 Å². The van der Waals surface area contributed by atoms with Gasteiger partial charge >= 0.3 is 0 Å². The number of carbonyl (C=O) groups excluding carboxylic acids is 1. The first-order chi connectivity index (χ1) is 9.18. The van der Waals surface area contributed by atoms with Crippen molar-refractivity contribution < 1.29 is 9.90 Å². The third-order valence-corrected chi connectivity index (χ3v) is 5.15. The Bertz CT molecular complexity index is 572. The summed E-state index contributed by atoms with van der Waals surface area (Å²) in [6, 6.07) is 2.06. The Labute approximate surface area is 120 Å². The highest BCUT2D eigenvalue weighted by Gasteiger charge is 2.47. The lowest BCUT2D eigenvalue weighted by Crippen LogP contribution is -2.06. The smallest absolute Gasteiger partial charge is 0.235 e. The molecule has 0 aliphatic heterocycles. The highest BCUT2D eigenvalue weighted by atomic mass is 79.9. The van der Waals surface area contributed by atoms with Crippen molar-refractivity contribution in [3.8, 4) is 5.75 Å². The number of aliphatic imine (C=N–C) groups is 1. The van der Waals surface area contributed by atoms with Gasteiger partial charge in [-0.3, -0.25) is 0 Å². The monoisotopic (exact) mass is 321 g/mol. The van der Waals surface area contributed by atoms with E-state index in [1.165, 1.54) is 30.4 Å². The number of aryl methyl sites for hydroxylation is 1. The molecule has 3 rings (SSSR count).